The van der Waals surface area contributed by atoms with Crippen LogP contribution in [0.5, 0.6) is 5.75 Å². The Labute approximate surface area is 127 Å². The van der Waals surface area contributed by atoms with Crippen LogP contribution in [0.25, 0.3) is 0 Å². The zero-order chi connectivity index (χ0) is 15.4. The fraction of sp³-hybridized carbons (Fsp3) is 0.429. The van der Waals surface area contributed by atoms with Gasteiger partial charge in [-0.25, -0.2) is 4.79 Å². The van der Waals surface area contributed by atoms with Gasteiger partial charge in [0.1, 0.15) is 5.75 Å². The molecule has 1 aliphatic heterocycles. The van der Waals surface area contributed by atoms with Gasteiger partial charge in [0.25, 0.3) is 5.91 Å². The predicted molar refractivity (Wildman–Crippen MR) is 75.6 cm³/mol. The molecule has 1 saturated heterocycles. The molecule has 1 aliphatic rings. The van der Waals surface area contributed by atoms with Crippen LogP contribution in [-0.4, -0.2) is 54.3 Å². The maximum atomic E-state index is 12.0. The molecular formula is C14H16ClNO5. The maximum absolute atomic E-state index is 12.0. The molecule has 0 aliphatic carbocycles. The van der Waals surface area contributed by atoms with Gasteiger partial charge in [-0.3, -0.25) is 4.79 Å². The number of carboxylic acids is 1. The summed E-state index contributed by atoms with van der Waals surface area (Å²) in [5.74, 6) is -0.785. The lowest BCUT2D eigenvalue weighted by molar-refractivity contribution is -0.159. The highest BCUT2D eigenvalue weighted by atomic mass is 35.5. The molecule has 1 heterocycles. The molecule has 21 heavy (non-hydrogen) atoms. The summed E-state index contributed by atoms with van der Waals surface area (Å²) in [5, 5.41) is 9.53. The highest BCUT2D eigenvalue weighted by molar-refractivity contribution is 6.31. The van der Waals surface area contributed by atoms with E-state index in [2.05, 4.69) is 0 Å². The van der Waals surface area contributed by atoms with Crippen molar-refractivity contribution in [3.63, 3.8) is 0 Å². The topological polar surface area (TPSA) is 76.1 Å². The summed E-state index contributed by atoms with van der Waals surface area (Å²) in [6.07, 6.45) is -0.972. The molecule has 1 aromatic rings. The zero-order valence-electron chi connectivity index (χ0n) is 11.5. The molecule has 2 rings (SSSR count). The molecule has 0 radical (unpaired) electrons. The van der Waals surface area contributed by atoms with Gasteiger partial charge >= 0.3 is 5.97 Å². The second-order valence-corrected chi connectivity index (χ2v) is 5.14. The fourth-order valence-corrected chi connectivity index (χ4v) is 2.09. The number of hydrogen-bond acceptors (Lipinski definition) is 4. The van der Waals surface area contributed by atoms with Gasteiger partial charge in [0.2, 0.25) is 0 Å². The van der Waals surface area contributed by atoms with E-state index in [9.17, 15) is 9.59 Å². The summed E-state index contributed by atoms with van der Waals surface area (Å²) in [4.78, 5) is 24.3. The highest BCUT2D eigenvalue weighted by Gasteiger charge is 2.29. The first-order chi connectivity index (χ1) is 9.97. The van der Waals surface area contributed by atoms with Crippen molar-refractivity contribution >= 4 is 23.5 Å². The Morgan fingerprint density at radius 1 is 1.52 bits per heavy atom. The minimum atomic E-state index is -1.07. The van der Waals surface area contributed by atoms with E-state index in [1.165, 1.54) is 4.90 Å². The molecule has 6 nitrogen and oxygen atoms in total. The van der Waals surface area contributed by atoms with Crippen LogP contribution in [0.3, 0.4) is 0 Å². The molecule has 0 unspecified atom stereocenters. The Balaban J connectivity index is 1.89. The van der Waals surface area contributed by atoms with Gasteiger partial charge in [-0.1, -0.05) is 11.6 Å². The number of hydrogen-bond donors (Lipinski definition) is 1. The first-order valence-electron chi connectivity index (χ1n) is 6.48. The minimum Gasteiger partial charge on any atom is -0.484 e. The van der Waals surface area contributed by atoms with Crippen molar-refractivity contribution in [1.82, 2.24) is 4.90 Å². The summed E-state index contributed by atoms with van der Waals surface area (Å²) in [7, 11) is 0. The lowest BCUT2D eigenvalue weighted by Gasteiger charge is -2.30. The smallest absolute Gasteiger partial charge is 0.334 e. The molecule has 114 valence electrons. The van der Waals surface area contributed by atoms with E-state index in [1.54, 1.807) is 18.2 Å². The number of rotatable bonds is 4. The van der Waals surface area contributed by atoms with Crippen molar-refractivity contribution < 1.29 is 24.2 Å². The number of aliphatic carboxylic acids is 1. The molecule has 0 aromatic heterocycles. The summed E-state index contributed by atoms with van der Waals surface area (Å²) in [6, 6.07) is 5.13. The number of halogens is 1. The molecular weight excluding hydrogens is 298 g/mol. The van der Waals surface area contributed by atoms with E-state index in [0.29, 0.717) is 17.3 Å². The van der Waals surface area contributed by atoms with E-state index in [1.807, 2.05) is 6.92 Å². The predicted octanol–water partition coefficient (Wildman–Crippen LogP) is 1.34. The molecule has 1 aromatic carbocycles. The van der Waals surface area contributed by atoms with Crippen molar-refractivity contribution in [2.75, 3.05) is 26.3 Å². The minimum absolute atomic E-state index is 0.0389. The third-order valence-corrected chi connectivity index (χ3v) is 3.61. The summed E-state index contributed by atoms with van der Waals surface area (Å²) >= 11 is 5.91. The third kappa shape index (κ3) is 4.09. The van der Waals surface area contributed by atoms with Gasteiger partial charge in [-0.15, -0.1) is 0 Å². The number of carbonyl (C=O) groups is 2. The summed E-state index contributed by atoms with van der Waals surface area (Å²) in [5.41, 5.74) is 0.860. The number of amides is 1. The van der Waals surface area contributed by atoms with Crippen LogP contribution in [0.1, 0.15) is 5.56 Å². The Morgan fingerprint density at radius 3 is 2.95 bits per heavy atom. The number of ether oxygens (including phenoxy) is 2. The van der Waals surface area contributed by atoms with E-state index < -0.39 is 12.1 Å². The molecule has 1 atom stereocenters. The first kappa shape index (κ1) is 15.6. The van der Waals surface area contributed by atoms with E-state index in [0.717, 1.165) is 5.56 Å². The number of benzene rings is 1. The number of morpholine rings is 1. The summed E-state index contributed by atoms with van der Waals surface area (Å²) in [6.45, 7) is 2.31. The normalized spacial score (nSPS) is 18.4. The van der Waals surface area contributed by atoms with Crippen LogP contribution in [0.15, 0.2) is 18.2 Å². The SMILES string of the molecule is Cc1cc(OCC(=O)N2CCO[C@@H](C(=O)O)C2)ccc1Cl. The molecule has 0 bridgehead atoms. The molecule has 1 amide bonds. The van der Waals surface area contributed by atoms with Crippen molar-refractivity contribution in [2.45, 2.75) is 13.0 Å². The van der Waals surface area contributed by atoms with Crippen LogP contribution >= 0.6 is 11.6 Å². The third-order valence-electron chi connectivity index (χ3n) is 3.19. The summed E-state index contributed by atoms with van der Waals surface area (Å²) < 4.78 is 10.5. The fourth-order valence-electron chi connectivity index (χ4n) is 1.97. The Hall–Kier alpha value is -1.79. The average molecular weight is 314 g/mol. The van der Waals surface area contributed by atoms with Gasteiger partial charge < -0.3 is 19.5 Å². The number of carboxylic acid groups (broad SMARTS) is 1. The lowest BCUT2D eigenvalue weighted by Crippen LogP contribution is -2.49. The van der Waals surface area contributed by atoms with Gasteiger partial charge in [-0.2, -0.15) is 0 Å². The molecule has 7 heteroatoms. The van der Waals surface area contributed by atoms with Crippen LogP contribution in [0.4, 0.5) is 0 Å². The number of nitrogens with zero attached hydrogens (tertiary/aromatic N) is 1. The second-order valence-electron chi connectivity index (χ2n) is 4.74. The van der Waals surface area contributed by atoms with Crippen molar-refractivity contribution in [2.24, 2.45) is 0 Å². The monoisotopic (exact) mass is 313 g/mol. The van der Waals surface area contributed by atoms with Crippen molar-refractivity contribution in [3.8, 4) is 5.75 Å². The van der Waals surface area contributed by atoms with Gasteiger partial charge in [0.05, 0.1) is 13.2 Å². The van der Waals surface area contributed by atoms with E-state index >= 15 is 0 Å². The first-order valence-corrected chi connectivity index (χ1v) is 6.86. The average Bonchev–Trinajstić information content (AvgIpc) is 2.48. The molecule has 0 saturated carbocycles. The Bertz CT molecular complexity index is 548. The lowest BCUT2D eigenvalue weighted by atomic mass is 10.2. The van der Waals surface area contributed by atoms with Crippen LogP contribution in [0.2, 0.25) is 5.02 Å². The van der Waals surface area contributed by atoms with Crippen LogP contribution in [-0.2, 0) is 14.3 Å². The maximum Gasteiger partial charge on any atom is 0.334 e. The zero-order valence-corrected chi connectivity index (χ0v) is 12.3. The largest absolute Gasteiger partial charge is 0.484 e. The van der Waals surface area contributed by atoms with E-state index in [-0.39, 0.29) is 25.7 Å². The van der Waals surface area contributed by atoms with Crippen LogP contribution in [0, 0.1) is 6.92 Å². The number of carbonyl (C=O) groups excluding carboxylic acids is 1. The standard InChI is InChI=1S/C14H16ClNO5/c1-9-6-10(2-3-11(9)15)21-8-13(17)16-4-5-20-12(7-16)14(18)19/h2-3,6,12H,4-5,7-8H2,1H3,(H,18,19)/t12-/m1/s1. The highest BCUT2D eigenvalue weighted by Crippen LogP contribution is 2.21. The van der Waals surface area contributed by atoms with E-state index in [4.69, 9.17) is 26.2 Å². The molecule has 1 N–H and O–H groups in total. The molecule has 1 fully saturated rings. The Kier molecular flexibility index (Phi) is 5.03. The number of aryl methyl sites for hydroxylation is 1. The van der Waals surface area contributed by atoms with Crippen molar-refractivity contribution in [3.05, 3.63) is 28.8 Å². The second kappa shape index (κ2) is 6.78. The Morgan fingerprint density at radius 2 is 2.29 bits per heavy atom. The van der Waals surface area contributed by atoms with Gasteiger partial charge in [0, 0.05) is 11.6 Å². The van der Waals surface area contributed by atoms with Gasteiger partial charge in [0.15, 0.2) is 12.7 Å². The van der Waals surface area contributed by atoms with Gasteiger partial charge in [-0.05, 0) is 30.7 Å². The van der Waals surface area contributed by atoms with Crippen molar-refractivity contribution in [1.29, 1.82) is 0 Å². The quantitative estimate of drug-likeness (QED) is 0.908. The van der Waals surface area contributed by atoms with Crippen LogP contribution < -0.4 is 4.74 Å². The molecule has 0 spiro atoms.